The Morgan fingerprint density at radius 3 is 2.67 bits per heavy atom. The maximum absolute atomic E-state index is 12.6. The van der Waals surface area contributed by atoms with Gasteiger partial charge in [0.05, 0.1) is 0 Å². The highest BCUT2D eigenvalue weighted by Gasteiger charge is 2.32. The molecule has 2 aliphatic rings. The number of guanidine groups is 1. The molecule has 0 bridgehead atoms. The Labute approximate surface area is 163 Å². The Bertz CT molecular complexity index is 624. The molecule has 0 spiro atoms. The van der Waals surface area contributed by atoms with Gasteiger partial charge in [-0.05, 0) is 37.2 Å². The first kappa shape index (κ1) is 19.7. The van der Waals surface area contributed by atoms with Crippen molar-refractivity contribution in [2.45, 2.75) is 57.4 Å². The Balaban J connectivity index is 1.39. The lowest BCUT2D eigenvalue weighted by atomic mass is 9.98. The van der Waals surface area contributed by atoms with Crippen molar-refractivity contribution < 1.29 is 4.79 Å². The van der Waals surface area contributed by atoms with Gasteiger partial charge in [-0.25, -0.2) is 0 Å². The standard InChI is InChI=1S/C22H34N4O/c1-17(18-8-4-3-5-9-18)12-14-24-22(23-2)25-20-13-15-26(16-20)21(27)19-10-6-7-11-19/h3-5,8-9,17,19-20H,6-7,10-16H2,1-2H3,(H2,23,24,25). The van der Waals surface area contributed by atoms with Gasteiger partial charge in [0, 0.05) is 38.6 Å². The van der Waals surface area contributed by atoms with Crippen molar-refractivity contribution in [3.8, 4) is 0 Å². The van der Waals surface area contributed by atoms with Gasteiger partial charge < -0.3 is 15.5 Å². The van der Waals surface area contributed by atoms with Crippen LogP contribution in [0.3, 0.4) is 0 Å². The molecule has 2 fully saturated rings. The number of aliphatic imine (C=N–C) groups is 1. The molecule has 1 aromatic rings. The van der Waals surface area contributed by atoms with Gasteiger partial charge in [-0.1, -0.05) is 50.1 Å². The molecule has 0 aromatic heterocycles. The van der Waals surface area contributed by atoms with Gasteiger partial charge in [-0.3, -0.25) is 9.79 Å². The van der Waals surface area contributed by atoms with Crippen molar-refractivity contribution in [3.63, 3.8) is 0 Å². The molecule has 0 radical (unpaired) electrons. The second-order valence-corrected chi connectivity index (χ2v) is 7.99. The van der Waals surface area contributed by atoms with Crippen LogP contribution in [0.5, 0.6) is 0 Å². The fourth-order valence-corrected chi connectivity index (χ4v) is 4.25. The molecular formula is C22H34N4O. The molecule has 1 saturated heterocycles. The van der Waals surface area contributed by atoms with E-state index in [1.54, 1.807) is 0 Å². The fraction of sp³-hybridized carbons (Fsp3) is 0.636. The largest absolute Gasteiger partial charge is 0.356 e. The molecular weight excluding hydrogens is 336 g/mol. The van der Waals surface area contributed by atoms with Gasteiger partial charge in [0.25, 0.3) is 0 Å². The summed E-state index contributed by atoms with van der Waals surface area (Å²) in [6.07, 6.45) is 6.64. The first-order valence-electron chi connectivity index (χ1n) is 10.5. The molecule has 2 N–H and O–H groups in total. The summed E-state index contributed by atoms with van der Waals surface area (Å²) in [5.74, 6) is 2.01. The molecule has 5 nitrogen and oxygen atoms in total. The lowest BCUT2D eigenvalue weighted by molar-refractivity contribution is -0.134. The minimum atomic E-state index is 0.278. The molecule has 27 heavy (non-hydrogen) atoms. The Morgan fingerprint density at radius 2 is 1.96 bits per heavy atom. The molecule has 1 saturated carbocycles. The Hall–Kier alpha value is -2.04. The van der Waals surface area contributed by atoms with E-state index in [0.29, 0.717) is 17.9 Å². The van der Waals surface area contributed by atoms with E-state index in [4.69, 9.17) is 0 Å². The van der Waals surface area contributed by atoms with Crippen LogP contribution in [0, 0.1) is 5.92 Å². The van der Waals surface area contributed by atoms with E-state index in [1.165, 1.54) is 18.4 Å². The molecule has 2 atom stereocenters. The second-order valence-electron chi connectivity index (χ2n) is 7.99. The Morgan fingerprint density at radius 1 is 1.22 bits per heavy atom. The van der Waals surface area contributed by atoms with Gasteiger partial charge in [0.2, 0.25) is 5.91 Å². The average molecular weight is 371 g/mol. The third kappa shape index (κ3) is 5.47. The summed E-state index contributed by atoms with van der Waals surface area (Å²) in [6, 6.07) is 10.9. The smallest absolute Gasteiger partial charge is 0.225 e. The number of likely N-dealkylation sites (tertiary alicyclic amines) is 1. The molecule has 148 valence electrons. The summed E-state index contributed by atoms with van der Waals surface area (Å²) in [6.45, 7) is 4.81. The number of benzene rings is 1. The van der Waals surface area contributed by atoms with Crippen LogP contribution in [0.15, 0.2) is 35.3 Å². The van der Waals surface area contributed by atoms with Crippen molar-refractivity contribution in [2.75, 3.05) is 26.7 Å². The summed E-state index contributed by atoms with van der Waals surface area (Å²) in [7, 11) is 1.81. The SMILES string of the molecule is CN=C(NCCC(C)c1ccccc1)NC1CCN(C(=O)C2CCCC2)C1. The van der Waals surface area contributed by atoms with E-state index in [0.717, 1.165) is 51.3 Å². The topological polar surface area (TPSA) is 56.7 Å². The van der Waals surface area contributed by atoms with Crippen LogP contribution in [0.1, 0.15) is 56.9 Å². The number of carbonyl (C=O) groups is 1. The molecule has 1 heterocycles. The summed E-state index contributed by atoms with van der Waals surface area (Å²) in [5.41, 5.74) is 1.37. The van der Waals surface area contributed by atoms with E-state index in [-0.39, 0.29) is 5.92 Å². The minimum absolute atomic E-state index is 0.278. The number of hydrogen-bond donors (Lipinski definition) is 2. The Kier molecular flexibility index (Phi) is 7.13. The minimum Gasteiger partial charge on any atom is -0.356 e. The first-order chi connectivity index (χ1) is 13.2. The molecule has 1 amide bonds. The van der Waals surface area contributed by atoms with Crippen molar-refractivity contribution in [3.05, 3.63) is 35.9 Å². The van der Waals surface area contributed by atoms with Gasteiger partial charge in [-0.2, -0.15) is 0 Å². The zero-order valence-corrected chi connectivity index (χ0v) is 16.8. The van der Waals surface area contributed by atoms with Crippen molar-refractivity contribution in [2.24, 2.45) is 10.9 Å². The zero-order valence-electron chi connectivity index (χ0n) is 16.8. The lowest BCUT2D eigenvalue weighted by Gasteiger charge is -2.22. The third-order valence-corrected chi connectivity index (χ3v) is 6.01. The van der Waals surface area contributed by atoms with Gasteiger partial charge in [0.15, 0.2) is 5.96 Å². The van der Waals surface area contributed by atoms with Crippen LogP contribution in [0.25, 0.3) is 0 Å². The molecule has 1 aliphatic carbocycles. The third-order valence-electron chi connectivity index (χ3n) is 6.01. The highest BCUT2D eigenvalue weighted by atomic mass is 16.2. The van der Waals surface area contributed by atoms with Crippen LogP contribution >= 0.6 is 0 Å². The van der Waals surface area contributed by atoms with Crippen molar-refractivity contribution >= 4 is 11.9 Å². The predicted octanol–water partition coefficient (Wildman–Crippen LogP) is 3.14. The number of nitrogens with one attached hydrogen (secondary N) is 2. The van der Waals surface area contributed by atoms with Crippen LogP contribution in [0.4, 0.5) is 0 Å². The van der Waals surface area contributed by atoms with Crippen LogP contribution in [-0.4, -0.2) is 49.5 Å². The number of nitrogens with zero attached hydrogens (tertiary/aromatic N) is 2. The fourth-order valence-electron chi connectivity index (χ4n) is 4.25. The van der Waals surface area contributed by atoms with Crippen LogP contribution < -0.4 is 10.6 Å². The van der Waals surface area contributed by atoms with Crippen molar-refractivity contribution in [1.82, 2.24) is 15.5 Å². The number of carbonyl (C=O) groups excluding carboxylic acids is 1. The molecule has 5 heteroatoms. The molecule has 1 aliphatic heterocycles. The normalized spacial score (nSPS) is 22.1. The van der Waals surface area contributed by atoms with Gasteiger partial charge >= 0.3 is 0 Å². The summed E-state index contributed by atoms with van der Waals surface area (Å²) in [4.78, 5) is 19.0. The van der Waals surface area contributed by atoms with E-state index >= 15 is 0 Å². The molecule has 2 unspecified atom stereocenters. The zero-order chi connectivity index (χ0) is 19.1. The summed E-state index contributed by atoms with van der Waals surface area (Å²) < 4.78 is 0. The quantitative estimate of drug-likeness (QED) is 0.597. The maximum atomic E-state index is 12.6. The molecule has 3 rings (SSSR count). The van der Waals surface area contributed by atoms with Gasteiger partial charge in [0.1, 0.15) is 0 Å². The highest BCUT2D eigenvalue weighted by molar-refractivity contribution is 5.81. The summed E-state index contributed by atoms with van der Waals surface area (Å²) in [5, 5.41) is 6.93. The maximum Gasteiger partial charge on any atom is 0.225 e. The van der Waals surface area contributed by atoms with E-state index in [2.05, 4.69) is 57.8 Å². The monoisotopic (exact) mass is 370 g/mol. The van der Waals surface area contributed by atoms with Crippen LogP contribution in [0.2, 0.25) is 0 Å². The summed E-state index contributed by atoms with van der Waals surface area (Å²) >= 11 is 0. The average Bonchev–Trinajstić information content (AvgIpc) is 3.39. The number of hydrogen-bond acceptors (Lipinski definition) is 2. The van der Waals surface area contributed by atoms with E-state index < -0.39 is 0 Å². The number of rotatable bonds is 6. The highest BCUT2D eigenvalue weighted by Crippen LogP contribution is 2.27. The first-order valence-corrected chi connectivity index (χ1v) is 10.5. The van der Waals surface area contributed by atoms with E-state index in [9.17, 15) is 4.79 Å². The van der Waals surface area contributed by atoms with Crippen LogP contribution in [-0.2, 0) is 4.79 Å². The predicted molar refractivity (Wildman–Crippen MR) is 111 cm³/mol. The molecule has 1 aromatic carbocycles. The van der Waals surface area contributed by atoms with E-state index in [1.807, 2.05) is 7.05 Å². The second kappa shape index (κ2) is 9.77. The van der Waals surface area contributed by atoms with Gasteiger partial charge in [-0.15, -0.1) is 0 Å². The van der Waals surface area contributed by atoms with Crippen molar-refractivity contribution in [1.29, 1.82) is 0 Å². The lowest BCUT2D eigenvalue weighted by Crippen LogP contribution is -2.45. The number of amides is 1.